The highest BCUT2D eigenvalue weighted by Crippen LogP contribution is 2.44. The van der Waals surface area contributed by atoms with Crippen LogP contribution in [0.5, 0.6) is 34.5 Å². The van der Waals surface area contributed by atoms with Crippen LogP contribution in [-0.2, 0) is 4.74 Å². The fourth-order valence-corrected chi connectivity index (χ4v) is 4.05. The Morgan fingerprint density at radius 3 is 2.19 bits per heavy atom. The Bertz CT molecular complexity index is 1350. The summed E-state index contributed by atoms with van der Waals surface area (Å²) in [5.41, 5.74) is -0.570. The number of fused-ring (bicyclic) bond motifs is 1. The molecule has 13 nitrogen and oxygen atoms in total. The van der Waals surface area contributed by atoms with Gasteiger partial charge in [0.15, 0.2) is 28.8 Å². The lowest BCUT2D eigenvalue weighted by molar-refractivity contribution is -0.277. The van der Waals surface area contributed by atoms with Crippen molar-refractivity contribution in [2.75, 3.05) is 27.9 Å². The number of phenols is 2. The third-order valence-electron chi connectivity index (χ3n) is 5.98. The predicted molar refractivity (Wildman–Crippen MR) is 125 cm³/mol. The number of aliphatic hydroxyl groups is 4. The number of benzene rings is 2. The molecule has 1 fully saturated rings. The molecule has 5 unspecified atom stereocenters. The van der Waals surface area contributed by atoms with Crippen LogP contribution in [-0.4, -0.2) is 89.3 Å². The number of ether oxygens (including phenoxy) is 5. The van der Waals surface area contributed by atoms with Crippen molar-refractivity contribution in [1.82, 2.24) is 0 Å². The first-order valence-electron chi connectivity index (χ1n) is 11.0. The maximum atomic E-state index is 13.2. The predicted octanol–water partition coefficient (Wildman–Crippen LogP) is 0.0757. The third-order valence-corrected chi connectivity index (χ3v) is 5.98. The second-order valence-corrected chi connectivity index (χ2v) is 8.13. The highest BCUT2D eigenvalue weighted by Gasteiger charge is 2.45. The summed E-state index contributed by atoms with van der Waals surface area (Å²) in [5, 5.41) is 60.3. The molecule has 0 aliphatic carbocycles. The molecule has 1 aliphatic rings. The summed E-state index contributed by atoms with van der Waals surface area (Å²) in [6, 6.07) is 5.23. The summed E-state index contributed by atoms with van der Waals surface area (Å²) in [5.74, 6) is -1.45. The lowest BCUT2D eigenvalue weighted by Gasteiger charge is -2.39. The number of hydrogen-bond acceptors (Lipinski definition) is 13. The molecule has 1 aliphatic heterocycles. The second kappa shape index (κ2) is 10.3. The molecule has 0 radical (unpaired) electrons. The molecule has 200 valence electrons. The molecule has 0 amide bonds. The van der Waals surface area contributed by atoms with Gasteiger partial charge < -0.3 is 58.7 Å². The standard InChI is InChI=1S/C24H26O13/c1-32-13-7-12-15(17(28)22(13)33-2)18(29)23(34-3)21(35-12)9-4-5-11(10(26)6-9)36-24-20(31)19(30)16(27)14(8-25)37-24/h4-7,14,16,19-20,24-28,30-31H,8H2,1-3H3. The summed E-state index contributed by atoms with van der Waals surface area (Å²) in [6.07, 6.45) is -7.65. The quantitative estimate of drug-likeness (QED) is 0.244. The fourth-order valence-electron chi connectivity index (χ4n) is 4.05. The van der Waals surface area contributed by atoms with E-state index in [0.717, 1.165) is 0 Å². The topological polar surface area (TPSA) is 198 Å². The molecular weight excluding hydrogens is 496 g/mol. The number of methoxy groups -OCH3 is 3. The van der Waals surface area contributed by atoms with Gasteiger partial charge in [-0.15, -0.1) is 0 Å². The lowest BCUT2D eigenvalue weighted by atomic mass is 9.99. The lowest BCUT2D eigenvalue weighted by Crippen LogP contribution is -2.60. The van der Waals surface area contributed by atoms with E-state index in [2.05, 4.69) is 0 Å². The van der Waals surface area contributed by atoms with E-state index >= 15 is 0 Å². The monoisotopic (exact) mass is 522 g/mol. The summed E-state index contributed by atoms with van der Waals surface area (Å²) in [4.78, 5) is 13.2. The van der Waals surface area contributed by atoms with Crippen molar-refractivity contribution >= 4 is 11.0 Å². The Balaban J connectivity index is 1.75. The van der Waals surface area contributed by atoms with Gasteiger partial charge in [0.2, 0.25) is 23.2 Å². The molecule has 5 atom stereocenters. The van der Waals surface area contributed by atoms with Crippen LogP contribution >= 0.6 is 0 Å². The highest BCUT2D eigenvalue weighted by molar-refractivity contribution is 5.91. The highest BCUT2D eigenvalue weighted by atomic mass is 16.7. The van der Waals surface area contributed by atoms with Crippen LogP contribution in [0, 0.1) is 0 Å². The van der Waals surface area contributed by atoms with E-state index in [1.54, 1.807) is 0 Å². The maximum Gasteiger partial charge on any atom is 0.239 e. The average Bonchev–Trinajstić information content (AvgIpc) is 2.89. The van der Waals surface area contributed by atoms with Crippen molar-refractivity contribution in [2.24, 2.45) is 0 Å². The molecule has 2 aromatic carbocycles. The van der Waals surface area contributed by atoms with Crippen molar-refractivity contribution in [2.45, 2.75) is 30.7 Å². The summed E-state index contributed by atoms with van der Waals surface area (Å²) in [6.45, 7) is -0.650. The molecule has 13 heteroatoms. The van der Waals surface area contributed by atoms with Gasteiger partial charge in [0.25, 0.3) is 0 Å². The van der Waals surface area contributed by atoms with Gasteiger partial charge in [-0.3, -0.25) is 4.79 Å². The number of hydrogen-bond donors (Lipinski definition) is 6. The Kier molecular flexibility index (Phi) is 7.34. The molecule has 1 aromatic heterocycles. The van der Waals surface area contributed by atoms with Crippen LogP contribution in [0.2, 0.25) is 0 Å². The largest absolute Gasteiger partial charge is 0.504 e. The normalized spacial score (nSPS) is 23.6. The minimum atomic E-state index is -1.69. The molecule has 0 saturated carbocycles. The van der Waals surface area contributed by atoms with Gasteiger partial charge in [0.1, 0.15) is 35.4 Å². The maximum absolute atomic E-state index is 13.2. The van der Waals surface area contributed by atoms with Crippen LogP contribution in [0.3, 0.4) is 0 Å². The zero-order valence-corrected chi connectivity index (χ0v) is 19.9. The first-order chi connectivity index (χ1) is 17.7. The SMILES string of the molecule is COc1cc2oc(-c3ccc(OC4OC(CO)C(O)C(O)C4O)c(O)c3)c(OC)c(=O)c2c(O)c1OC. The number of aliphatic hydroxyl groups excluding tert-OH is 4. The van der Waals surface area contributed by atoms with E-state index in [-0.39, 0.29) is 45.3 Å². The van der Waals surface area contributed by atoms with Gasteiger partial charge in [0, 0.05) is 11.6 Å². The molecule has 4 rings (SSSR count). The average molecular weight is 522 g/mol. The van der Waals surface area contributed by atoms with Crippen LogP contribution in [0.4, 0.5) is 0 Å². The Morgan fingerprint density at radius 2 is 1.59 bits per heavy atom. The fraction of sp³-hybridized carbons (Fsp3) is 0.375. The number of rotatable bonds is 7. The van der Waals surface area contributed by atoms with Crippen molar-refractivity contribution in [3.63, 3.8) is 0 Å². The Hall–Kier alpha value is -3.75. The van der Waals surface area contributed by atoms with E-state index in [0.29, 0.717) is 0 Å². The third kappa shape index (κ3) is 4.47. The molecule has 1 saturated heterocycles. The van der Waals surface area contributed by atoms with Gasteiger partial charge >= 0.3 is 0 Å². The minimum absolute atomic E-state index is 0.0444. The van der Waals surface area contributed by atoms with E-state index in [1.807, 2.05) is 0 Å². The molecule has 0 bridgehead atoms. The molecular formula is C24H26O13. The van der Waals surface area contributed by atoms with Crippen molar-refractivity contribution in [3.05, 3.63) is 34.5 Å². The van der Waals surface area contributed by atoms with Gasteiger partial charge in [-0.2, -0.15) is 0 Å². The zero-order chi connectivity index (χ0) is 27.0. The molecule has 0 spiro atoms. The smallest absolute Gasteiger partial charge is 0.239 e. The van der Waals surface area contributed by atoms with Crippen LogP contribution in [0.25, 0.3) is 22.3 Å². The summed E-state index contributed by atoms with van der Waals surface area (Å²) < 4.78 is 32.2. The summed E-state index contributed by atoms with van der Waals surface area (Å²) >= 11 is 0. The van der Waals surface area contributed by atoms with Crippen molar-refractivity contribution in [3.8, 4) is 45.8 Å². The number of phenolic OH excluding ortho intramolecular Hbond substituents is 2. The van der Waals surface area contributed by atoms with E-state index in [9.17, 15) is 35.4 Å². The molecule has 6 N–H and O–H groups in total. The number of aromatic hydroxyl groups is 2. The second-order valence-electron chi connectivity index (χ2n) is 8.13. The van der Waals surface area contributed by atoms with E-state index in [1.165, 1.54) is 45.6 Å². The van der Waals surface area contributed by atoms with Crippen molar-refractivity contribution < 1.29 is 58.7 Å². The first-order valence-corrected chi connectivity index (χ1v) is 11.0. The first kappa shape index (κ1) is 26.3. The molecule has 3 aromatic rings. The summed E-state index contributed by atoms with van der Waals surface area (Å²) in [7, 11) is 3.88. The van der Waals surface area contributed by atoms with Crippen molar-refractivity contribution in [1.29, 1.82) is 0 Å². The molecule has 37 heavy (non-hydrogen) atoms. The Labute approximate surface area is 209 Å². The van der Waals surface area contributed by atoms with Crippen LogP contribution in [0.1, 0.15) is 0 Å². The minimum Gasteiger partial charge on any atom is -0.504 e. The van der Waals surface area contributed by atoms with Crippen LogP contribution in [0.15, 0.2) is 33.5 Å². The van der Waals surface area contributed by atoms with Gasteiger partial charge in [0.05, 0.1) is 27.9 Å². The zero-order valence-electron chi connectivity index (χ0n) is 19.9. The Morgan fingerprint density at radius 1 is 0.892 bits per heavy atom. The van der Waals surface area contributed by atoms with Gasteiger partial charge in [-0.05, 0) is 18.2 Å². The van der Waals surface area contributed by atoms with Crippen LogP contribution < -0.4 is 24.4 Å². The molecule has 2 heterocycles. The van der Waals surface area contributed by atoms with E-state index in [4.69, 9.17) is 28.1 Å². The van der Waals surface area contributed by atoms with E-state index < -0.39 is 54.2 Å². The van der Waals surface area contributed by atoms with Gasteiger partial charge in [-0.1, -0.05) is 0 Å². The van der Waals surface area contributed by atoms with Gasteiger partial charge in [-0.25, -0.2) is 0 Å².